The number of nitrogens with zero attached hydrogens (tertiary/aromatic N) is 3. The van der Waals surface area contributed by atoms with Crippen molar-refractivity contribution < 1.29 is 4.90 Å². The lowest BCUT2D eigenvalue weighted by Crippen LogP contribution is -3.05. The minimum atomic E-state index is -0.0505. The third-order valence-electron chi connectivity index (χ3n) is 6.44. The van der Waals surface area contributed by atoms with Gasteiger partial charge in [-0.2, -0.15) is 0 Å². The number of benzene rings is 1. The van der Waals surface area contributed by atoms with Gasteiger partial charge in [-0.15, -0.1) is 11.3 Å². The normalized spacial score (nSPS) is 15.9. The number of quaternary nitrogens is 1. The van der Waals surface area contributed by atoms with Gasteiger partial charge < -0.3 is 9.88 Å². The van der Waals surface area contributed by atoms with Crippen molar-refractivity contribution in [2.24, 2.45) is 5.92 Å². The van der Waals surface area contributed by atoms with E-state index in [1.165, 1.54) is 27.1 Å². The summed E-state index contributed by atoms with van der Waals surface area (Å²) in [6.07, 6.45) is 3.99. The Morgan fingerprint density at radius 1 is 1.24 bits per heavy atom. The second-order valence-electron chi connectivity index (χ2n) is 9.51. The molecule has 4 aromatic rings. The third kappa shape index (κ3) is 4.56. The molecular weight excluding hydrogens is 466 g/mol. The Bertz CT molecular complexity index is 1470. The monoisotopic (exact) mass is 496 g/mol. The lowest BCUT2D eigenvalue weighted by Gasteiger charge is -2.17. The van der Waals surface area contributed by atoms with Gasteiger partial charge >= 0.3 is 0 Å². The van der Waals surface area contributed by atoms with Crippen molar-refractivity contribution >= 4 is 44.2 Å². The van der Waals surface area contributed by atoms with Crippen LogP contribution < -0.4 is 16.0 Å². The van der Waals surface area contributed by atoms with Crippen LogP contribution in [-0.2, 0) is 25.1 Å². The van der Waals surface area contributed by atoms with Crippen molar-refractivity contribution in [2.45, 2.75) is 50.1 Å². The summed E-state index contributed by atoms with van der Waals surface area (Å²) in [6.45, 7) is 3.85. The van der Waals surface area contributed by atoms with Crippen LogP contribution in [0.1, 0.15) is 36.0 Å². The lowest BCUT2D eigenvalue weighted by atomic mass is 9.89. The van der Waals surface area contributed by atoms with Gasteiger partial charge in [0, 0.05) is 17.8 Å². The highest BCUT2D eigenvalue weighted by molar-refractivity contribution is 7.98. The number of thioether (sulfide) groups is 1. The molecule has 5 rings (SSSR count). The molecule has 1 aromatic carbocycles. The molecule has 0 amide bonds. The van der Waals surface area contributed by atoms with Gasteiger partial charge in [-0.1, -0.05) is 30.8 Å². The van der Waals surface area contributed by atoms with E-state index in [1.807, 2.05) is 24.3 Å². The number of rotatable bonds is 7. The maximum Gasteiger partial charge on any atom is 0.262 e. The van der Waals surface area contributed by atoms with Crippen LogP contribution in [0.15, 0.2) is 39.0 Å². The van der Waals surface area contributed by atoms with Crippen LogP contribution in [0.2, 0.25) is 0 Å². The second kappa shape index (κ2) is 9.64. The van der Waals surface area contributed by atoms with E-state index in [0.29, 0.717) is 40.1 Å². The number of aromatic amines is 1. The first-order valence-corrected chi connectivity index (χ1v) is 13.7. The molecule has 1 atom stereocenters. The third-order valence-corrected chi connectivity index (χ3v) is 8.57. The Morgan fingerprint density at radius 2 is 2.06 bits per heavy atom. The SMILES string of the molecule is C[C@@H]1CCc2c(sc3nc(CSc4nc5ccccc5c(=O)n4CCC[NH+](C)C)[nH]c(=O)c23)C1. The molecule has 0 spiro atoms. The van der Waals surface area contributed by atoms with Crippen LogP contribution in [0.4, 0.5) is 0 Å². The summed E-state index contributed by atoms with van der Waals surface area (Å²) in [5.41, 5.74) is 1.82. The number of aryl methyl sites for hydroxylation is 1. The number of H-pyrrole nitrogens is 1. The van der Waals surface area contributed by atoms with Crippen LogP contribution in [0, 0.1) is 5.92 Å². The summed E-state index contributed by atoms with van der Waals surface area (Å²) < 4.78 is 1.78. The Balaban J connectivity index is 1.46. The van der Waals surface area contributed by atoms with E-state index in [4.69, 9.17) is 9.97 Å². The maximum absolute atomic E-state index is 13.2. The van der Waals surface area contributed by atoms with Crippen LogP contribution in [0.5, 0.6) is 0 Å². The molecule has 34 heavy (non-hydrogen) atoms. The van der Waals surface area contributed by atoms with Gasteiger partial charge in [0.15, 0.2) is 5.16 Å². The van der Waals surface area contributed by atoms with Crippen LogP contribution in [0.3, 0.4) is 0 Å². The van der Waals surface area contributed by atoms with Gasteiger partial charge in [-0.3, -0.25) is 14.2 Å². The predicted octanol–water partition coefficient (Wildman–Crippen LogP) is 2.65. The fraction of sp³-hybridized carbons (Fsp3) is 0.440. The van der Waals surface area contributed by atoms with Crippen molar-refractivity contribution in [1.82, 2.24) is 19.5 Å². The first-order chi connectivity index (χ1) is 16.4. The summed E-state index contributed by atoms with van der Waals surface area (Å²) in [7, 11) is 4.22. The van der Waals surface area contributed by atoms with Crippen molar-refractivity contribution in [1.29, 1.82) is 0 Å². The zero-order chi connectivity index (χ0) is 23.8. The fourth-order valence-corrected chi connectivity index (χ4v) is 6.94. The summed E-state index contributed by atoms with van der Waals surface area (Å²) in [5, 5.41) is 2.07. The highest BCUT2D eigenvalue weighted by atomic mass is 32.2. The number of aromatic nitrogens is 4. The zero-order valence-electron chi connectivity index (χ0n) is 19.8. The topological polar surface area (TPSA) is 85.1 Å². The molecule has 0 saturated heterocycles. The van der Waals surface area contributed by atoms with Crippen molar-refractivity contribution in [2.75, 3.05) is 20.6 Å². The highest BCUT2D eigenvalue weighted by Gasteiger charge is 2.23. The molecule has 9 heteroatoms. The Labute approximate surface area is 206 Å². The first kappa shape index (κ1) is 23.3. The lowest BCUT2D eigenvalue weighted by molar-refractivity contribution is -0.858. The van der Waals surface area contributed by atoms with Crippen LogP contribution in [-0.4, -0.2) is 40.2 Å². The molecule has 0 radical (unpaired) electrons. The van der Waals surface area contributed by atoms with E-state index in [1.54, 1.807) is 15.9 Å². The van der Waals surface area contributed by atoms with Crippen molar-refractivity contribution in [3.8, 4) is 0 Å². The first-order valence-electron chi connectivity index (χ1n) is 11.9. The molecule has 7 nitrogen and oxygen atoms in total. The summed E-state index contributed by atoms with van der Waals surface area (Å²) in [5.74, 6) is 1.73. The molecular formula is C25H30N5O2S2+. The van der Waals surface area contributed by atoms with E-state index >= 15 is 0 Å². The number of para-hydroxylation sites is 1. The molecule has 1 aliphatic rings. The number of nitrogens with one attached hydrogen (secondary N) is 2. The summed E-state index contributed by atoms with van der Waals surface area (Å²) >= 11 is 3.12. The predicted molar refractivity (Wildman–Crippen MR) is 139 cm³/mol. The van der Waals surface area contributed by atoms with Crippen LogP contribution >= 0.6 is 23.1 Å². The van der Waals surface area contributed by atoms with Gasteiger partial charge in [0.25, 0.3) is 11.1 Å². The largest absolute Gasteiger partial charge is 0.340 e. The molecule has 0 bridgehead atoms. The van der Waals surface area contributed by atoms with Gasteiger partial charge in [0.1, 0.15) is 10.7 Å². The van der Waals surface area contributed by atoms with E-state index in [2.05, 4.69) is 26.0 Å². The maximum atomic E-state index is 13.2. The van der Waals surface area contributed by atoms with Gasteiger partial charge in [-0.05, 0) is 42.9 Å². The van der Waals surface area contributed by atoms with Gasteiger partial charge in [0.2, 0.25) is 0 Å². The minimum Gasteiger partial charge on any atom is -0.340 e. The van der Waals surface area contributed by atoms with E-state index in [-0.39, 0.29) is 11.1 Å². The molecule has 178 valence electrons. The van der Waals surface area contributed by atoms with E-state index < -0.39 is 0 Å². The molecule has 0 unspecified atom stereocenters. The second-order valence-corrected chi connectivity index (χ2v) is 11.5. The smallest absolute Gasteiger partial charge is 0.262 e. The average molecular weight is 497 g/mol. The molecule has 1 aliphatic carbocycles. The molecule has 3 aromatic heterocycles. The number of hydrogen-bond donors (Lipinski definition) is 2. The van der Waals surface area contributed by atoms with Gasteiger partial charge in [0.05, 0.1) is 42.7 Å². The Hall–Kier alpha value is -2.49. The average Bonchev–Trinajstić information content (AvgIpc) is 3.17. The quantitative estimate of drug-likeness (QED) is 0.304. The molecule has 0 aliphatic heterocycles. The Kier molecular flexibility index (Phi) is 6.59. The Morgan fingerprint density at radius 3 is 2.88 bits per heavy atom. The van der Waals surface area contributed by atoms with Crippen molar-refractivity contribution in [3.05, 3.63) is 61.2 Å². The van der Waals surface area contributed by atoms with E-state index in [0.717, 1.165) is 42.4 Å². The van der Waals surface area contributed by atoms with Crippen LogP contribution in [0.25, 0.3) is 21.1 Å². The number of fused-ring (bicyclic) bond motifs is 4. The highest BCUT2D eigenvalue weighted by Crippen LogP contribution is 2.35. The minimum absolute atomic E-state index is 0.0150. The van der Waals surface area contributed by atoms with E-state index in [9.17, 15) is 9.59 Å². The standard InChI is InChI=1S/C25H29N5O2S2/c1-15-9-10-17-19(13-15)34-23-21(17)22(31)27-20(28-23)14-33-25-26-18-8-5-4-7-16(18)24(32)30(25)12-6-11-29(2)3/h4-5,7-8,15H,6,9-14H2,1-3H3,(H,27,28,31)/p+1/t15-/m1/s1. The molecule has 0 fully saturated rings. The number of thiophene rings is 1. The van der Waals surface area contributed by atoms with Crippen molar-refractivity contribution in [3.63, 3.8) is 0 Å². The molecule has 0 saturated carbocycles. The summed E-state index contributed by atoms with van der Waals surface area (Å²) in [6, 6.07) is 7.48. The molecule has 3 heterocycles. The molecule has 2 N–H and O–H groups in total. The van der Waals surface area contributed by atoms with Gasteiger partial charge in [-0.25, -0.2) is 9.97 Å². The zero-order valence-corrected chi connectivity index (χ0v) is 21.4. The fourth-order valence-electron chi connectivity index (χ4n) is 4.64. The summed E-state index contributed by atoms with van der Waals surface area (Å²) in [4.78, 5) is 42.3. The number of hydrogen-bond acceptors (Lipinski definition) is 6.